The van der Waals surface area contributed by atoms with E-state index < -0.39 is 18.5 Å². The highest BCUT2D eigenvalue weighted by molar-refractivity contribution is 6.13. The van der Waals surface area contributed by atoms with Crippen molar-refractivity contribution in [3.63, 3.8) is 0 Å². The van der Waals surface area contributed by atoms with Gasteiger partial charge in [-0.1, -0.05) is 12.1 Å². The van der Waals surface area contributed by atoms with Crippen molar-refractivity contribution in [2.75, 3.05) is 20.8 Å². The van der Waals surface area contributed by atoms with E-state index in [1.807, 2.05) is 0 Å². The van der Waals surface area contributed by atoms with E-state index in [0.29, 0.717) is 22.6 Å². The van der Waals surface area contributed by atoms with Gasteiger partial charge in [-0.25, -0.2) is 14.6 Å². The van der Waals surface area contributed by atoms with E-state index in [-0.39, 0.29) is 17.3 Å². The smallest absolute Gasteiger partial charge is 0.363 e. The molecule has 1 heterocycles. The van der Waals surface area contributed by atoms with Gasteiger partial charge in [0.1, 0.15) is 5.75 Å². The Bertz CT molecular complexity index is 978. The van der Waals surface area contributed by atoms with Gasteiger partial charge in [0.2, 0.25) is 5.90 Å². The van der Waals surface area contributed by atoms with Crippen molar-refractivity contribution in [2.45, 2.75) is 0 Å². The van der Waals surface area contributed by atoms with Gasteiger partial charge in [-0.2, -0.15) is 0 Å². The van der Waals surface area contributed by atoms with Crippen LogP contribution < -0.4 is 14.2 Å². The average Bonchev–Trinajstić information content (AvgIpc) is 3.07. The summed E-state index contributed by atoms with van der Waals surface area (Å²) in [6.45, 7) is -0.489. The molecule has 0 saturated carbocycles. The fraction of sp³-hybridized carbons (Fsp3) is 0.150. The number of hydrogen-bond acceptors (Lipinski definition) is 7. The van der Waals surface area contributed by atoms with Gasteiger partial charge in [0, 0.05) is 5.56 Å². The number of carboxylic acids is 1. The van der Waals surface area contributed by atoms with Gasteiger partial charge in [-0.15, -0.1) is 0 Å². The maximum atomic E-state index is 12.2. The van der Waals surface area contributed by atoms with Crippen LogP contribution in [0.4, 0.5) is 0 Å². The molecule has 1 aliphatic heterocycles. The number of aliphatic carboxylic acids is 1. The van der Waals surface area contributed by atoms with Crippen LogP contribution in [0, 0.1) is 0 Å². The summed E-state index contributed by atoms with van der Waals surface area (Å²) in [7, 11) is 2.98. The normalized spacial score (nSPS) is 14.4. The number of ether oxygens (including phenoxy) is 4. The average molecular weight is 383 g/mol. The first-order valence-corrected chi connectivity index (χ1v) is 8.20. The summed E-state index contributed by atoms with van der Waals surface area (Å²) < 4.78 is 20.8. The standard InChI is InChI=1S/C20H17NO7/c1-25-14-5-3-4-13(10-14)19-21-15(20(24)28-19)8-12-6-7-16(17(9-12)26-2)27-11-18(22)23/h3-10H,11H2,1-2H3,(H,22,23)/b15-8-. The molecular formula is C20H17NO7. The Hall–Kier alpha value is -3.81. The Morgan fingerprint density at radius 1 is 1.14 bits per heavy atom. The first kappa shape index (κ1) is 19.0. The minimum atomic E-state index is -1.10. The van der Waals surface area contributed by atoms with Gasteiger partial charge >= 0.3 is 11.9 Å². The number of carbonyl (C=O) groups is 2. The quantitative estimate of drug-likeness (QED) is 0.579. The highest BCUT2D eigenvalue weighted by atomic mass is 16.6. The molecule has 0 bridgehead atoms. The lowest BCUT2D eigenvalue weighted by molar-refractivity contribution is -0.139. The Kier molecular flexibility index (Phi) is 5.59. The highest BCUT2D eigenvalue weighted by Crippen LogP contribution is 2.30. The monoisotopic (exact) mass is 383 g/mol. The lowest BCUT2D eigenvalue weighted by Gasteiger charge is -2.09. The van der Waals surface area contributed by atoms with Crippen molar-refractivity contribution < 1.29 is 33.6 Å². The summed E-state index contributed by atoms with van der Waals surface area (Å²) in [5, 5.41) is 8.71. The first-order valence-electron chi connectivity index (χ1n) is 8.20. The number of methoxy groups -OCH3 is 2. The summed E-state index contributed by atoms with van der Waals surface area (Å²) in [6, 6.07) is 11.8. The molecule has 0 saturated heterocycles. The maximum Gasteiger partial charge on any atom is 0.363 e. The zero-order valence-electron chi connectivity index (χ0n) is 15.2. The van der Waals surface area contributed by atoms with Crippen LogP contribution in [0.5, 0.6) is 17.2 Å². The van der Waals surface area contributed by atoms with E-state index in [9.17, 15) is 9.59 Å². The van der Waals surface area contributed by atoms with Crippen molar-refractivity contribution in [1.29, 1.82) is 0 Å². The van der Waals surface area contributed by atoms with Crippen molar-refractivity contribution in [3.05, 3.63) is 59.3 Å². The topological polar surface area (TPSA) is 104 Å². The molecule has 0 atom stereocenters. The van der Waals surface area contributed by atoms with Gasteiger partial charge in [-0.05, 0) is 42.0 Å². The Morgan fingerprint density at radius 3 is 2.68 bits per heavy atom. The van der Waals surface area contributed by atoms with Crippen molar-refractivity contribution in [1.82, 2.24) is 0 Å². The van der Waals surface area contributed by atoms with Crippen LogP contribution in [-0.4, -0.2) is 43.8 Å². The summed E-state index contributed by atoms with van der Waals surface area (Å²) in [4.78, 5) is 27.1. The number of carbonyl (C=O) groups excluding carboxylic acids is 1. The molecule has 0 unspecified atom stereocenters. The molecule has 8 heteroatoms. The molecule has 1 N–H and O–H groups in total. The lowest BCUT2D eigenvalue weighted by Crippen LogP contribution is -2.10. The second-order valence-corrected chi connectivity index (χ2v) is 5.66. The predicted octanol–water partition coefficient (Wildman–Crippen LogP) is 2.51. The number of esters is 1. The van der Waals surface area contributed by atoms with E-state index in [2.05, 4.69) is 4.99 Å². The number of aliphatic imine (C=N–C) groups is 1. The minimum absolute atomic E-state index is 0.124. The number of rotatable bonds is 7. The molecule has 1 aliphatic rings. The molecule has 0 aromatic heterocycles. The first-order chi connectivity index (χ1) is 13.5. The van der Waals surface area contributed by atoms with Crippen LogP contribution in [0.3, 0.4) is 0 Å². The van der Waals surface area contributed by atoms with Gasteiger partial charge in [0.15, 0.2) is 23.8 Å². The maximum absolute atomic E-state index is 12.2. The zero-order valence-corrected chi connectivity index (χ0v) is 15.2. The van der Waals surface area contributed by atoms with E-state index in [1.54, 1.807) is 55.7 Å². The summed E-state index contributed by atoms with van der Waals surface area (Å²) in [5.74, 6) is -0.260. The van der Waals surface area contributed by atoms with Crippen LogP contribution in [0.25, 0.3) is 6.08 Å². The molecule has 2 aromatic carbocycles. The van der Waals surface area contributed by atoms with E-state index in [4.69, 9.17) is 24.1 Å². The SMILES string of the molecule is COc1cccc(C2=N/C(=C\c3ccc(OCC(=O)O)c(OC)c3)C(=O)O2)c1. The minimum Gasteiger partial charge on any atom is -0.497 e. The third kappa shape index (κ3) is 4.29. The third-order valence-corrected chi connectivity index (χ3v) is 3.78. The molecule has 0 radical (unpaired) electrons. The van der Waals surface area contributed by atoms with Crippen LogP contribution in [0.1, 0.15) is 11.1 Å². The fourth-order valence-corrected chi connectivity index (χ4v) is 2.48. The second kappa shape index (κ2) is 8.26. The number of cyclic esters (lactones) is 1. The number of nitrogens with zero attached hydrogens (tertiary/aromatic N) is 1. The molecule has 0 aliphatic carbocycles. The van der Waals surface area contributed by atoms with Crippen molar-refractivity contribution in [3.8, 4) is 17.2 Å². The third-order valence-electron chi connectivity index (χ3n) is 3.78. The number of hydrogen-bond donors (Lipinski definition) is 1. The van der Waals surface area contributed by atoms with E-state index >= 15 is 0 Å². The fourth-order valence-electron chi connectivity index (χ4n) is 2.48. The zero-order chi connectivity index (χ0) is 20.1. The summed E-state index contributed by atoms with van der Waals surface area (Å²) in [6.07, 6.45) is 1.54. The van der Waals surface area contributed by atoms with Crippen LogP contribution in [-0.2, 0) is 14.3 Å². The van der Waals surface area contributed by atoms with Gasteiger partial charge in [-0.3, -0.25) is 0 Å². The lowest BCUT2D eigenvalue weighted by atomic mass is 10.1. The van der Waals surface area contributed by atoms with E-state index in [1.165, 1.54) is 7.11 Å². The van der Waals surface area contributed by atoms with Crippen molar-refractivity contribution >= 4 is 23.9 Å². The van der Waals surface area contributed by atoms with E-state index in [0.717, 1.165) is 0 Å². The molecule has 8 nitrogen and oxygen atoms in total. The number of benzene rings is 2. The Morgan fingerprint density at radius 2 is 1.96 bits per heavy atom. The molecule has 3 rings (SSSR count). The van der Waals surface area contributed by atoms with Crippen LogP contribution in [0.15, 0.2) is 53.2 Å². The Balaban J connectivity index is 1.86. The largest absolute Gasteiger partial charge is 0.497 e. The molecule has 144 valence electrons. The van der Waals surface area contributed by atoms with Crippen LogP contribution in [0.2, 0.25) is 0 Å². The molecular weight excluding hydrogens is 366 g/mol. The predicted molar refractivity (Wildman–Crippen MR) is 99.7 cm³/mol. The van der Waals surface area contributed by atoms with Gasteiger partial charge in [0.25, 0.3) is 0 Å². The molecule has 0 amide bonds. The highest BCUT2D eigenvalue weighted by Gasteiger charge is 2.24. The van der Waals surface area contributed by atoms with Crippen molar-refractivity contribution in [2.24, 2.45) is 4.99 Å². The summed E-state index contributed by atoms with van der Waals surface area (Å²) in [5.41, 5.74) is 1.35. The molecule has 2 aromatic rings. The van der Waals surface area contributed by atoms with Crippen LogP contribution >= 0.6 is 0 Å². The number of carboxylic acid groups (broad SMARTS) is 1. The van der Waals surface area contributed by atoms with Gasteiger partial charge in [0.05, 0.1) is 14.2 Å². The Labute approximate surface area is 160 Å². The second-order valence-electron chi connectivity index (χ2n) is 5.66. The molecule has 0 fully saturated rings. The molecule has 28 heavy (non-hydrogen) atoms. The molecule has 0 spiro atoms. The summed E-state index contributed by atoms with van der Waals surface area (Å²) >= 11 is 0. The van der Waals surface area contributed by atoms with Gasteiger partial charge < -0.3 is 24.1 Å².